The van der Waals surface area contributed by atoms with E-state index in [0.717, 1.165) is 25.7 Å². The normalized spacial score (nSPS) is 22.6. The Morgan fingerprint density at radius 1 is 1.30 bits per heavy atom. The van der Waals surface area contributed by atoms with E-state index in [2.05, 4.69) is 13.8 Å². The zero-order chi connectivity index (χ0) is 15.1. The van der Waals surface area contributed by atoms with Gasteiger partial charge in [0.05, 0.1) is 0 Å². The van der Waals surface area contributed by atoms with Gasteiger partial charge in [-0.1, -0.05) is 26.7 Å². The number of likely N-dealkylation sites (tertiary alicyclic amines) is 1. The molecule has 0 saturated carbocycles. The van der Waals surface area contributed by atoms with E-state index in [-0.39, 0.29) is 6.03 Å². The minimum atomic E-state index is -0.872. The van der Waals surface area contributed by atoms with Gasteiger partial charge < -0.3 is 14.9 Å². The Kier molecular flexibility index (Phi) is 6.82. The van der Waals surface area contributed by atoms with Gasteiger partial charge in [-0.2, -0.15) is 0 Å². The number of piperidine rings is 1. The number of nitrogens with zero attached hydrogens (tertiary/aromatic N) is 2. The predicted molar refractivity (Wildman–Crippen MR) is 78.7 cm³/mol. The molecule has 0 aromatic heterocycles. The molecule has 1 N–H and O–H groups in total. The lowest BCUT2D eigenvalue weighted by Gasteiger charge is -2.39. The van der Waals surface area contributed by atoms with Gasteiger partial charge in [0.15, 0.2) is 0 Å². The average Bonchev–Trinajstić information content (AvgIpc) is 2.47. The number of aliphatic carboxylic acids is 1. The molecule has 2 amide bonds. The molecule has 0 spiro atoms. The van der Waals surface area contributed by atoms with Crippen LogP contribution in [0.25, 0.3) is 0 Å². The van der Waals surface area contributed by atoms with E-state index in [1.165, 1.54) is 0 Å². The summed E-state index contributed by atoms with van der Waals surface area (Å²) < 4.78 is 0. The van der Waals surface area contributed by atoms with Crippen LogP contribution in [0.15, 0.2) is 0 Å². The topological polar surface area (TPSA) is 60.9 Å². The summed E-state index contributed by atoms with van der Waals surface area (Å²) in [5.41, 5.74) is 0. The van der Waals surface area contributed by atoms with Crippen molar-refractivity contribution in [2.45, 2.75) is 58.9 Å². The molecule has 2 atom stereocenters. The summed E-state index contributed by atoms with van der Waals surface area (Å²) >= 11 is 0. The first-order chi connectivity index (χ1) is 9.54. The fourth-order valence-corrected chi connectivity index (χ4v) is 2.79. The molecule has 1 rings (SSSR count). The van der Waals surface area contributed by atoms with Crippen molar-refractivity contribution in [1.29, 1.82) is 0 Å². The van der Waals surface area contributed by atoms with Crippen LogP contribution in [0.2, 0.25) is 0 Å². The minimum Gasteiger partial charge on any atom is -0.480 e. The molecule has 1 aliphatic heterocycles. The molecule has 5 heteroatoms. The number of carboxylic acids is 1. The summed E-state index contributed by atoms with van der Waals surface area (Å²) in [6.07, 6.45) is 4.48. The molecule has 116 valence electrons. The van der Waals surface area contributed by atoms with Crippen LogP contribution in [0.3, 0.4) is 0 Å². The van der Waals surface area contributed by atoms with Crippen molar-refractivity contribution in [3.63, 3.8) is 0 Å². The summed E-state index contributed by atoms with van der Waals surface area (Å²) in [6, 6.07) is -0.764. The van der Waals surface area contributed by atoms with Crippen molar-refractivity contribution in [1.82, 2.24) is 9.80 Å². The molecule has 1 saturated heterocycles. The van der Waals surface area contributed by atoms with Crippen molar-refractivity contribution < 1.29 is 14.7 Å². The van der Waals surface area contributed by atoms with Crippen LogP contribution in [-0.4, -0.2) is 52.6 Å². The summed E-state index contributed by atoms with van der Waals surface area (Å²) in [5, 5.41) is 9.39. The molecule has 1 fully saturated rings. The van der Waals surface area contributed by atoms with Crippen LogP contribution in [0.1, 0.15) is 52.9 Å². The van der Waals surface area contributed by atoms with E-state index in [9.17, 15) is 14.7 Å². The van der Waals surface area contributed by atoms with Crippen molar-refractivity contribution in [2.75, 3.05) is 19.6 Å². The number of carbonyl (C=O) groups excluding carboxylic acids is 1. The zero-order valence-corrected chi connectivity index (χ0v) is 13.0. The van der Waals surface area contributed by atoms with E-state index < -0.39 is 12.0 Å². The smallest absolute Gasteiger partial charge is 0.326 e. The average molecular weight is 284 g/mol. The van der Waals surface area contributed by atoms with Crippen LogP contribution >= 0.6 is 0 Å². The maximum Gasteiger partial charge on any atom is 0.326 e. The van der Waals surface area contributed by atoms with Crippen LogP contribution in [0, 0.1) is 5.92 Å². The first kappa shape index (κ1) is 16.8. The predicted octanol–water partition coefficient (Wildman–Crippen LogP) is 2.80. The molecule has 1 aliphatic rings. The standard InChI is InChI=1S/C15H28N2O3/c1-4-7-9-16(6-3)15(20)17-10-8-12(5-2)11-13(17)14(18)19/h12-13H,4-11H2,1-3H3,(H,18,19). The minimum absolute atomic E-state index is 0.108. The van der Waals surface area contributed by atoms with Crippen LogP contribution in [0.4, 0.5) is 4.79 Å². The molecule has 0 radical (unpaired) electrons. The van der Waals surface area contributed by atoms with E-state index in [1.807, 2.05) is 6.92 Å². The fourth-order valence-electron chi connectivity index (χ4n) is 2.79. The number of hydrogen-bond donors (Lipinski definition) is 1. The Bertz CT molecular complexity index is 333. The van der Waals surface area contributed by atoms with Crippen molar-refractivity contribution in [3.05, 3.63) is 0 Å². The maximum absolute atomic E-state index is 12.5. The number of rotatable bonds is 6. The quantitative estimate of drug-likeness (QED) is 0.816. The Labute approximate surface area is 121 Å². The molecular weight excluding hydrogens is 256 g/mol. The maximum atomic E-state index is 12.5. The largest absolute Gasteiger partial charge is 0.480 e. The first-order valence-electron chi connectivity index (χ1n) is 7.83. The fraction of sp³-hybridized carbons (Fsp3) is 0.867. The Morgan fingerprint density at radius 2 is 2.00 bits per heavy atom. The molecule has 20 heavy (non-hydrogen) atoms. The molecule has 0 bridgehead atoms. The third-order valence-electron chi connectivity index (χ3n) is 4.25. The number of hydrogen-bond acceptors (Lipinski definition) is 2. The van der Waals surface area contributed by atoms with Crippen molar-refractivity contribution in [2.24, 2.45) is 5.92 Å². The molecule has 0 aliphatic carbocycles. The number of urea groups is 1. The second kappa shape index (κ2) is 8.12. The van der Waals surface area contributed by atoms with Gasteiger partial charge in [0, 0.05) is 19.6 Å². The lowest BCUT2D eigenvalue weighted by Crippen LogP contribution is -2.54. The highest BCUT2D eigenvalue weighted by Gasteiger charge is 2.37. The highest BCUT2D eigenvalue weighted by atomic mass is 16.4. The van der Waals surface area contributed by atoms with Gasteiger partial charge in [0.25, 0.3) is 0 Å². The van der Waals surface area contributed by atoms with Crippen LogP contribution in [-0.2, 0) is 4.79 Å². The molecule has 0 aromatic rings. The third-order valence-corrected chi connectivity index (χ3v) is 4.25. The Morgan fingerprint density at radius 3 is 2.50 bits per heavy atom. The SMILES string of the molecule is CCCCN(CC)C(=O)N1CCC(CC)CC1C(=O)O. The zero-order valence-electron chi connectivity index (χ0n) is 13.0. The van der Waals surface area contributed by atoms with E-state index in [1.54, 1.807) is 9.80 Å². The Balaban J connectivity index is 2.75. The third kappa shape index (κ3) is 4.12. The summed E-state index contributed by atoms with van der Waals surface area (Å²) in [7, 11) is 0. The Hall–Kier alpha value is -1.26. The highest BCUT2D eigenvalue weighted by Crippen LogP contribution is 2.26. The lowest BCUT2D eigenvalue weighted by molar-refractivity contribution is -0.144. The number of carboxylic acid groups (broad SMARTS) is 1. The monoisotopic (exact) mass is 284 g/mol. The second-order valence-corrected chi connectivity index (χ2v) is 5.56. The van der Waals surface area contributed by atoms with Crippen LogP contribution < -0.4 is 0 Å². The lowest BCUT2D eigenvalue weighted by atomic mass is 9.89. The van der Waals surface area contributed by atoms with Gasteiger partial charge in [-0.3, -0.25) is 0 Å². The molecular formula is C15H28N2O3. The van der Waals surface area contributed by atoms with Crippen molar-refractivity contribution in [3.8, 4) is 0 Å². The number of amides is 2. The van der Waals surface area contributed by atoms with Gasteiger partial charge in [0.1, 0.15) is 6.04 Å². The van der Waals surface area contributed by atoms with Gasteiger partial charge in [-0.15, -0.1) is 0 Å². The first-order valence-corrected chi connectivity index (χ1v) is 7.83. The molecule has 0 aromatic carbocycles. The van der Waals surface area contributed by atoms with Gasteiger partial charge in [-0.05, 0) is 32.1 Å². The van der Waals surface area contributed by atoms with Gasteiger partial charge in [0.2, 0.25) is 0 Å². The van der Waals surface area contributed by atoms with E-state index in [0.29, 0.717) is 32.0 Å². The van der Waals surface area contributed by atoms with Crippen LogP contribution in [0.5, 0.6) is 0 Å². The summed E-state index contributed by atoms with van der Waals surface area (Å²) in [4.78, 5) is 27.3. The molecule has 5 nitrogen and oxygen atoms in total. The van der Waals surface area contributed by atoms with E-state index >= 15 is 0 Å². The number of carbonyl (C=O) groups is 2. The van der Waals surface area contributed by atoms with E-state index in [4.69, 9.17) is 0 Å². The summed E-state index contributed by atoms with van der Waals surface area (Å²) in [6.45, 7) is 8.04. The van der Waals surface area contributed by atoms with Gasteiger partial charge in [-0.25, -0.2) is 9.59 Å². The number of unbranched alkanes of at least 4 members (excludes halogenated alkanes) is 1. The highest BCUT2D eigenvalue weighted by molar-refractivity contribution is 5.83. The molecule has 2 unspecified atom stereocenters. The van der Waals surface area contributed by atoms with Gasteiger partial charge >= 0.3 is 12.0 Å². The second-order valence-electron chi connectivity index (χ2n) is 5.56. The molecule has 1 heterocycles. The summed E-state index contributed by atoms with van der Waals surface area (Å²) in [5.74, 6) is -0.450. The van der Waals surface area contributed by atoms with Crippen molar-refractivity contribution >= 4 is 12.0 Å².